The molecule has 5 nitrogen and oxygen atoms in total. The molecular weight excluding hydrogens is 278 g/mol. The molecule has 0 aliphatic carbocycles. The summed E-state index contributed by atoms with van der Waals surface area (Å²) in [4.78, 5) is 10.7. The number of terminal acetylenes is 1. The number of benzene rings is 1. The largest absolute Gasteiger partial charge is 0.481 e. The van der Waals surface area contributed by atoms with Gasteiger partial charge in [-0.2, -0.15) is 0 Å². The molecule has 20 heavy (non-hydrogen) atoms. The van der Waals surface area contributed by atoms with E-state index in [2.05, 4.69) is 10.6 Å². The molecule has 0 fully saturated rings. The van der Waals surface area contributed by atoms with E-state index in [-0.39, 0.29) is 17.4 Å². The van der Waals surface area contributed by atoms with E-state index in [0.717, 1.165) is 0 Å². The lowest BCUT2D eigenvalue weighted by Crippen LogP contribution is -2.34. The Bertz CT molecular complexity index is 599. The summed E-state index contributed by atoms with van der Waals surface area (Å²) in [5.74, 6) is 1.47. The Morgan fingerprint density at radius 2 is 2.00 bits per heavy atom. The lowest BCUT2D eigenvalue weighted by Gasteiger charge is -2.14. The highest BCUT2D eigenvalue weighted by atomic mass is 32.2. The number of nitrogens with one attached hydrogen (secondary N) is 1. The summed E-state index contributed by atoms with van der Waals surface area (Å²) in [5.41, 5.74) is 0.548. The molecule has 0 aliphatic rings. The molecule has 0 bridgehead atoms. The third-order valence-corrected chi connectivity index (χ3v) is 4.30. The van der Waals surface area contributed by atoms with Crippen molar-refractivity contribution in [2.75, 3.05) is 0 Å². The van der Waals surface area contributed by atoms with Crippen molar-refractivity contribution in [2.45, 2.75) is 37.1 Å². The van der Waals surface area contributed by atoms with Crippen LogP contribution in [0.4, 0.5) is 0 Å². The van der Waals surface area contributed by atoms with Gasteiger partial charge in [0.25, 0.3) is 0 Å². The van der Waals surface area contributed by atoms with E-state index < -0.39 is 16.0 Å². The SMILES string of the molecule is C#CCC(CC)NS(=O)(=O)c1ccc(CC(=O)O)cc1. The van der Waals surface area contributed by atoms with Crippen molar-refractivity contribution in [3.63, 3.8) is 0 Å². The van der Waals surface area contributed by atoms with Gasteiger partial charge in [-0.3, -0.25) is 4.79 Å². The van der Waals surface area contributed by atoms with Crippen molar-refractivity contribution >= 4 is 16.0 Å². The van der Waals surface area contributed by atoms with Gasteiger partial charge in [-0.1, -0.05) is 19.1 Å². The molecule has 0 saturated carbocycles. The lowest BCUT2D eigenvalue weighted by atomic mass is 10.2. The third kappa shape index (κ3) is 4.68. The first-order valence-corrected chi connectivity index (χ1v) is 7.64. The Morgan fingerprint density at radius 1 is 1.40 bits per heavy atom. The molecule has 1 aromatic rings. The Morgan fingerprint density at radius 3 is 2.45 bits per heavy atom. The van der Waals surface area contributed by atoms with Crippen LogP contribution in [0.5, 0.6) is 0 Å². The van der Waals surface area contributed by atoms with Crippen LogP contribution in [0, 0.1) is 12.3 Å². The van der Waals surface area contributed by atoms with Gasteiger partial charge in [-0.15, -0.1) is 12.3 Å². The Balaban J connectivity index is 2.87. The minimum Gasteiger partial charge on any atom is -0.481 e. The van der Waals surface area contributed by atoms with Gasteiger partial charge in [0.1, 0.15) is 0 Å². The van der Waals surface area contributed by atoms with Crippen molar-refractivity contribution in [2.24, 2.45) is 0 Å². The highest BCUT2D eigenvalue weighted by Gasteiger charge is 2.18. The summed E-state index contributed by atoms with van der Waals surface area (Å²) in [6.45, 7) is 1.85. The molecule has 1 rings (SSSR count). The fourth-order valence-electron chi connectivity index (χ4n) is 1.66. The van der Waals surface area contributed by atoms with Crippen LogP contribution in [-0.2, 0) is 21.2 Å². The lowest BCUT2D eigenvalue weighted by molar-refractivity contribution is -0.136. The molecule has 6 heteroatoms. The highest BCUT2D eigenvalue weighted by Crippen LogP contribution is 2.13. The molecule has 0 radical (unpaired) electrons. The smallest absolute Gasteiger partial charge is 0.307 e. The fourth-order valence-corrected chi connectivity index (χ4v) is 2.98. The summed E-state index contributed by atoms with van der Waals surface area (Å²) < 4.78 is 26.8. The van der Waals surface area contributed by atoms with Crippen LogP contribution in [0.3, 0.4) is 0 Å². The number of hydrogen-bond acceptors (Lipinski definition) is 3. The zero-order chi connectivity index (χ0) is 15.2. The second-order valence-electron chi connectivity index (χ2n) is 4.35. The molecule has 1 atom stereocenters. The van der Waals surface area contributed by atoms with E-state index >= 15 is 0 Å². The highest BCUT2D eigenvalue weighted by molar-refractivity contribution is 7.89. The average molecular weight is 295 g/mol. The van der Waals surface area contributed by atoms with E-state index in [4.69, 9.17) is 11.5 Å². The minimum atomic E-state index is -3.63. The predicted molar refractivity (Wildman–Crippen MR) is 75.6 cm³/mol. The molecule has 0 aliphatic heterocycles. The molecule has 108 valence electrons. The van der Waals surface area contributed by atoms with Crippen LogP contribution in [0.2, 0.25) is 0 Å². The van der Waals surface area contributed by atoms with Crippen LogP contribution in [0.25, 0.3) is 0 Å². The van der Waals surface area contributed by atoms with Crippen LogP contribution < -0.4 is 4.72 Å². The monoisotopic (exact) mass is 295 g/mol. The number of rotatable bonds is 7. The molecule has 1 aromatic carbocycles. The molecular formula is C14H17NO4S. The van der Waals surface area contributed by atoms with Crippen LogP contribution >= 0.6 is 0 Å². The third-order valence-electron chi connectivity index (χ3n) is 2.77. The van der Waals surface area contributed by atoms with Crippen molar-refractivity contribution in [1.29, 1.82) is 0 Å². The Labute approximate surface area is 119 Å². The zero-order valence-electron chi connectivity index (χ0n) is 11.2. The van der Waals surface area contributed by atoms with Gasteiger partial charge in [-0.05, 0) is 24.1 Å². The number of hydrogen-bond donors (Lipinski definition) is 2. The van der Waals surface area contributed by atoms with E-state index in [0.29, 0.717) is 18.4 Å². The van der Waals surface area contributed by atoms with Gasteiger partial charge in [0, 0.05) is 12.5 Å². The van der Waals surface area contributed by atoms with Gasteiger partial charge >= 0.3 is 5.97 Å². The normalized spacial score (nSPS) is 12.6. The zero-order valence-corrected chi connectivity index (χ0v) is 12.0. The second-order valence-corrected chi connectivity index (χ2v) is 6.06. The summed E-state index contributed by atoms with van der Waals surface area (Å²) in [7, 11) is -3.63. The molecule has 0 spiro atoms. The average Bonchev–Trinajstić information content (AvgIpc) is 2.38. The maximum Gasteiger partial charge on any atom is 0.307 e. The maximum absolute atomic E-state index is 12.1. The molecule has 0 aromatic heterocycles. The van der Waals surface area contributed by atoms with E-state index in [9.17, 15) is 13.2 Å². The van der Waals surface area contributed by atoms with E-state index in [1.165, 1.54) is 24.3 Å². The van der Waals surface area contributed by atoms with Crippen LogP contribution in [-0.4, -0.2) is 25.5 Å². The molecule has 0 amide bonds. The van der Waals surface area contributed by atoms with Gasteiger partial charge in [0.2, 0.25) is 10.0 Å². The predicted octanol–water partition coefficient (Wildman–Crippen LogP) is 1.39. The molecule has 0 saturated heterocycles. The van der Waals surface area contributed by atoms with Gasteiger partial charge < -0.3 is 5.11 Å². The first-order valence-electron chi connectivity index (χ1n) is 6.15. The fraction of sp³-hybridized carbons (Fsp3) is 0.357. The number of carboxylic acids is 1. The quantitative estimate of drug-likeness (QED) is 0.745. The Hall–Kier alpha value is -1.84. The number of sulfonamides is 1. The minimum absolute atomic E-state index is 0.0992. The summed E-state index contributed by atoms with van der Waals surface area (Å²) in [6.07, 6.45) is 5.98. The number of carbonyl (C=O) groups is 1. The Kier molecular flexibility index (Phi) is 5.74. The second kappa shape index (κ2) is 7.08. The van der Waals surface area contributed by atoms with Crippen molar-refractivity contribution in [3.05, 3.63) is 29.8 Å². The standard InChI is InChI=1S/C14H17NO4S/c1-3-5-12(4-2)15-20(18,19)13-8-6-11(7-9-13)10-14(16)17/h1,6-9,12,15H,4-5,10H2,2H3,(H,16,17). The topological polar surface area (TPSA) is 83.5 Å². The number of carboxylic acid groups (broad SMARTS) is 1. The van der Waals surface area contributed by atoms with Crippen molar-refractivity contribution in [3.8, 4) is 12.3 Å². The van der Waals surface area contributed by atoms with Crippen LogP contribution in [0.15, 0.2) is 29.2 Å². The maximum atomic E-state index is 12.1. The molecule has 2 N–H and O–H groups in total. The summed E-state index contributed by atoms with van der Waals surface area (Å²) >= 11 is 0. The van der Waals surface area contributed by atoms with E-state index in [1.54, 1.807) is 0 Å². The van der Waals surface area contributed by atoms with Crippen molar-refractivity contribution in [1.82, 2.24) is 4.72 Å². The molecule has 1 unspecified atom stereocenters. The van der Waals surface area contributed by atoms with Crippen molar-refractivity contribution < 1.29 is 18.3 Å². The van der Waals surface area contributed by atoms with E-state index in [1.807, 2.05) is 6.92 Å². The first-order chi connectivity index (χ1) is 9.39. The summed E-state index contributed by atoms with van der Waals surface area (Å²) in [5, 5.41) is 8.66. The number of aliphatic carboxylic acids is 1. The first kappa shape index (κ1) is 16.2. The summed E-state index contributed by atoms with van der Waals surface area (Å²) in [6, 6.07) is 5.46. The van der Waals surface area contributed by atoms with Gasteiger partial charge in [0.15, 0.2) is 0 Å². The van der Waals surface area contributed by atoms with Gasteiger partial charge in [0.05, 0.1) is 11.3 Å². The molecule has 0 heterocycles. The van der Waals surface area contributed by atoms with Gasteiger partial charge in [-0.25, -0.2) is 13.1 Å². The van der Waals surface area contributed by atoms with Crippen LogP contribution in [0.1, 0.15) is 25.3 Å².